The molecule has 1 fully saturated rings. The predicted molar refractivity (Wildman–Crippen MR) is 70.2 cm³/mol. The number of carbonyl (C=O) groups excluding carboxylic acids is 1. The zero-order chi connectivity index (χ0) is 13.0. The molecule has 0 saturated carbocycles. The number of nitrogens with one attached hydrogen (secondary N) is 1. The maximum Gasteiger partial charge on any atom is 0.229 e. The zero-order valence-electron chi connectivity index (χ0n) is 10.5. The quantitative estimate of drug-likeness (QED) is 0.856. The van der Waals surface area contributed by atoms with Crippen LogP contribution in [-0.2, 0) is 4.79 Å². The molecule has 1 amide bonds. The molecule has 18 heavy (non-hydrogen) atoms. The van der Waals surface area contributed by atoms with Crippen LogP contribution >= 0.6 is 0 Å². The van der Waals surface area contributed by atoms with Crippen LogP contribution in [0.5, 0.6) is 0 Å². The SMILES string of the molecule is CN(C(=O)C1CCNCC1)c1cccc(C#N)c1. The Morgan fingerprint density at radius 2 is 2.17 bits per heavy atom. The average Bonchev–Trinajstić information content (AvgIpc) is 2.46. The number of nitrogens with zero attached hydrogens (tertiary/aromatic N) is 2. The Kier molecular flexibility index (Phi) is 3.96. The van der Waals surface area contributed by atoms with E-state index in [2.05, 4.69) is 11.4 Å². The van der Waals surface area contributed by atoms with Gasteiger partial charge in [0.15, 0.2) is 0 Å². The van der Waals surface area contributed by atoms with Gasteiger partial charge >= 0.3 is 0 Å². The van der Waals surface area contributed by atoms with E-state index in [1.165, 1.54) is 0 Å². The molecule has 0 atom stereocenters. The summed E-state index contributed by atoms with van der Waals surface area (Å²) in [6, 6.07) is 9.25. The summed E-state index contributed by atoms with van der Waals surface area (Å²) >= 11 is 0. The lowest BCUT2D eigenvalue weighted by Gasteiger charge is -2.27. The van der Waals surface area contributed by atoms with Gasteiger partial charge in [-0.3, -0.25) is 4.79 Å². The lowest BCUT2D eigenvalue weighted by atomic mass is 9.96. The number of rotatable bonds is 2. The molecular weight excluding hydrogens is 226 g/mol. The number of anilines is 1. The summed E-state index contributed by atoms with van der Waals surface area (Å²) in [6.07, 6.45) is 1.78. The van der Waals surface area contributed by atoms with E-state index in [9.17, 15) is 4.79 Å². The lowest BCUT2D eigenvalue weighted by Crippen LogP contribution is -2.39. The molecule has 4 heteroatoms. The molecular formula is C14H17N3O. The molecule has 1 aliphatic rings. The van der Waals surface area contributed by atoms with Crippen molar-refractivity contribution in [3.8, 4) is 6.07 Å². The van der Waals surface area contributed by atoms with Gasteiger partial charge in [0.1, 0.15) is 0 Å². The van der Waals surface area contributed by atoms with Gasteiger partial charge in [0, 0.05) is 18.7 Å². The third kappa shape index (κ3) is 2.69. The normalized spacial score (nSPS) is 16.0. The van der Waals surface area contributed by atoms with Crippen molar-refractivity contribution in [2.75, 3.05) is 25.0 Å². The summed E-state index contributed by atoms with van der Waals surface area (Å²) in [4.78, 5) is 14.0. The van der Waals surface area contributed by atoms with Crippen molar-refractivity contribution >= 4 is 11.6 Å². The fraction of sp³-hybridized carbons (Fsp3) is 0.429. The van der Waals surface area contributed by atoms with Crippen molar-refractivity contribution in [1.29, 1.82) is 5.26 Å². The second kappa shape index (κ2) is 5.65. The van der Waals surface area contributed by atoms with Gasteiger partial charge in [-0.05, 0) is 44.1 Å². The summed E-state index contributed by atoms with van der Waals surface area (Å²) < 4.78 is 0. The van der Waals surface area contributed by atoms with Crippen LogP contribution in [0.1, 0.15) is 18.4 Å². The maximum atomic E-state index is 12.3. The van der Waals surface area contributed by atoms with Gasteiger partial charge in [0.2, 0.25) is 5.91 Å². The summed E-state index contributed by atoms with van der Waals surface area (Å²) in [7, 11) is 1.78. The van der Waals surface area contributed by atoms with Gasteiger partial charge in [-0.2, -0.15) is 5.26 Å². The van der Waals surface area contributed by atoms with Gasteiger partial charge < -0.3 is 10.2 Å². The van der Waals surface area contributed by atoms with Crippen LogP contribution in [0, 0.1) is 17.2 Å². The number of amides is 1. The first-order valence-electron chi connectivity index (χ1n) is 6.21. The summed E-state index contributed by atoms with van der Waals surface area (Å²) in [5, 5.41) is 12.1. The van der Waals surface area contributed by atoms with Crippen molar-refractivity contribution < 1.29 is 4.79 Å². The van der Waals surface area contributed by atoms with Gasteiger partial charge in [-0.15, -0.1) is 0 Å². The molecule has 1 saturated heterocycles. The maximum absolute atomic E-state index is 12.3. The minimum atomic E-state index is 0.0991. The molecule has 1 aromatic rings. The van der Waals surface area contributed by atoms with Crippen molar-refractivity contribution in [1.82, 2.24) is 5.32 Å². The molecule has 0 bridgehead atoms. The molecule has 0 spiro atoms. The second-order valence-electron chi connectivity index (χ2n) is 4.58. The largest absolute Gasteiger partial charge is 0.317 e. The van der Waals surface area contributed by atoms with E-state index in [4.69, 9.17) is 5.26 Å². The highest BCUT2D eigenvalue weighted by molar-refractivity contribution is 5.94. The second-order valence-corrected chi connectivity index (χ2v) is 4.58. The Bertz CT molecular complexity index is 472. The van der Waals surface area contributed by atoms with Gasteiger partial charge in [0.05, 0.1) is 11.6 Å². The lowest BCUT2D eigenvalue weighted by molar-refractivity contribution is -0.122. The molecule has 1 heterocycles. The van der Waals surface area contributed by atoms with Crippen LogP contribution in [0.25, 0.3) is 0 Å². The van der Waals surface area contributed by atoms with Crippen molar-refractivity contribution in [3.05, 3.63) is 29.8 Å². The summed E-state index contributed by atoms with van der Waals surface area (Å²) in [5.41, 5.74) is 1.37. The van der Waals surface area contributed by atoms with Crippen LogP contribution in [0.4, 0.5) is 5.69 Å². The molecule has 0 aromatic heterocycles. The Morgan fingerprint density at radius 3 is 2.83 bits per heavy atom. The third-order valence-corrected chi connectivity index (χ3v) is 3.38. The first-order valence-corrected chi connectivity index (χ1v) is 6.21. The Morgan fingerprint density at radius 1 is 1.44 bits per heavy atom. The highest BCUT2D eigenvalue weighted by atomic mass is 16.2. The van der Waals surface area contributed by atoms with Crippen molar-refractivity contribution in [2.45, 2.75) is 12.8 Å². The third-order valence-electron chi connectivity index (χ3n) is 3.38. The number of hydrogen-bond donors (Lipinski definition) is 1. The molecule has 2 rings (SSSR count). The highest BCUT2D eigenvalue weighted by Gasteiger charge is 2.24. The molecule has 1 aliphatic heterocycles. The van der Waals surface area contributed by atoms with Crippen molar-refractivity contribution in [2.24, 2.45) is 5.92 Å². The van der Waals surface area contributed by atoms with Gasteiger partial charge in [-0.25, -0.2) is 0 Å². The summed E-state index contributed by atoms with van der Waals surface area (Å²) in [5.74, 6) is 0.244. The first kappa shape index (κ1) is 12.6. The number of hydrogen-bond acceptors (Lipinski definition) is 3. The average molecular weight is 243 g/mol. The van der Waals surface area contributed by atoms with E-state index < -0.39 is 0 Å². The molecule has 1 aromatic carbocycles. The van der Waals surface area contributed by atoms with Crippen molar-refractivity contribution in [3.63, 3.8) is 0 Å². The minimum absolute atomic E-state index is 0.0991. The zero-order valence-corrected chi connectivity index (χ0v) is 10.5. The minimum Gasteiger partial charge on any atom is -0.317 e. The van der Waals surface area contributed by atoms with Crippen LogP contribution in [-0.4, -0.2) is 26.0 Å². The monoisotopic (exact) mass is 243 g/mol. The van der Waals surface area contributed by atoms with Crippen LogP contribution in [0.3, 0.4) is 0 Å². The van der Waals surface area contributed by atoms with Crippen LogP contribution in [0.2, 0.25) is 0 Å². The van der Waals surface area contributed by atoms with E-state index in [0.29, 0.717) is 5.56 Å². The Hall–Kier alpha value is -1.86. The van der Waals surface area contributed by atoms with Gasteiger partial charge in [-0.1, -0.05) is 6.07 Å². The molecule has 1 N–H and O–H groups in total. The molecule has 4 nitrogen and oxygen atoms in total. The van der Waals surface area contributed by atoms with Gasteiger partial charge in [0.25, 0.3) is 0 Å². The fourth-order valence-electron chi connectivity index (χ4n) is 2.25. The number of benzene rings is 1. The molecule has 0 aliphatic carbocycles. The van der Waals surface area contributed by atoms with E-state index in [1.807, 2.05) is 6.07 Å². The fourth-order valence-corrected chi connectivity index (χ4v) is 2.25. The topological polar surface area (TPSA) is 56.1 Å². The first-order chi connectivity index (χ1) is 8.72. The van der Waals surface area contributed by atoms with E-state index in [-0.39, 0.29) is 11.8 Å². The molecule has 94 valence electrons. The number of piperidine rings is 1. The van der Waals surface area contributed by atoms with Crippen LogP contribution in [0.15, 0.2) is 24.3 Å². The number of carbonyl (C=O) groups is 1. The predicted octanol–water partition coefficient (Wildman–Crippen LogP) is 1.52. The number of nitriles is 1. The summed E-state index contributed by atoms with van der Waals surface area (Å²) in [6.45, 7) is 1.81. The van der Waals surface area contributed by atoms with E-state index >= 15 is 0 Å². The Labute approximate surface area is 107 Å². The van der Waals surface area contributed by atoms with Crippen LogP contribution < -0.4 is 10.2 Å². The smallest absolute Gasteiger partial charge is 0.229 e. The molecule has 0 radical (unpaired) electrons. The van der Waals surface area contributed by atoms with E-state index in [0.717, 1.165) is 31.6 Å². The highest BCUT2D eigenvalue weighted by Crippen LogP contribution is 2.20. The standard InChI is InChI=1S/C14H17N3O/c1-17(13-4-2-3-11(9-13)10-15)14(18)12-5-7-16-8-6-12/h2-4,9,12,16H,5-8H2,1H3. The molecule has 0 unspecified atom stereocenters. The van der Waals surface area contributed by atoms with E-state index in [1.54, 1.807) is 30.1 Å². The Balaban J connectivity index is 2.12.